The second-order valence-electron chi connectivity index (χ2n) is 4.04. The lowest BCUT2D eigenvalue weighted by atomic mass is 9.83. The minimum absolute atomic E-state index is 0.227. The molecule has 2 atom stereocenters. The Morgan fingerprint density at radius 2 is 2.27 bits per heavy atom. The first kappa shape index (κ1) is 7.14. The predicted octanol–water partition coefficient (Wildman–Crippen LogP) is 1.46. The Morgan fingerprint density at radius 3 is 3.09 bits per heavy atom. The molecule has 2 aliphatic rings. The Bertz CT molecular complexity index is 165. The zero-order chi connectivity index (χ0) is 7.73. The molecule has 2 saturated carbocycles. The minimum Gasteiger partial charge on any atom is -0.353 e. The molecule has 1 amide bonds. The third-order valence-corrected chi connectivity index (χ3v) is 3.34. The molecule has 0 aromatic heterocycles. The molecule has 62 valence electrons. The van der Waals surface area contributed by atoms with Crippen LogP contribution in [0.5, 0.6) is 0 Å². The maximum atomic E-state index is 10.3. The van der Waals surface area contributed by atoms with Crippen molar-refractivity contribution >= 4 is 6.41 Å². The summed E-state index contributed by atoms with van der Waals surface area (Å²) < 4.78 is 0. The Labute approximate surface area is 67.4 Å². The van der Waals surface area contributed by atoms with E-state index in [0.29, 0.717) is 0 Å². The van der Waals surface area contributed by atoms with Crippen LogP contribution in [0.4, 0.5) is 0 Å². The van der Waals surface area contributed by atoms with Gasteiger partial charge in [-0.1, -0.05) is 12.8 Å². The third-order valence-electron chi connectivity index (χ3n) is 3.34. The van der Waals surface area contributed by atoms with Gasteiger partial charge in [0.25, 0.3) is 0 Å². The highest BCUT2D eigenvalue weighted by atomic mass is 16.1. The summed E-state index contributed by atoms with van der Waals surface area (Å²) in [6, 6.07) is 0. The van der Waals surface area contributed by atoms with Crippen molar-refractivity contribution in [1.82, 2.24) is 5.32 Å². The maximum absolute atomic E-state index is 10.3. The molecule has 2 aliphatic carbocycles. The number of hydrogen-bond acceptors (Lipinski definition) is 1. The molecule has 11 heavy (non-hydrogen) atoms. The minimum atomic E-state index is 0.227. The fraction of sp³-hybridized carbons (Fsp3) is 0.889. The summed E-state index contributed by atoms with van der Waals surface area (Å²) in [6.07, 6.45) is 8.59. The SMILES string of the molecule is O=CNC12CCCC(CC1)C2. The number of carbonyl (C=O) groups excluding carboxylic acids is 1. The van der Waals surface area contributed by atoms with Gasteiger partial charge in [0.05, 0.1) is 0 Å². The van der Waals surface area contributed by atoms with Crippen LogP contribution >= 0.6 is 0 Å². The van der Waals surface area contributed by atoms with Crippen LogP contribution in [0.25, 0.3) is 0 Å². The summed E-state index contributed by atoms with van der Waals surface area (Å²) >= 11 is 0. The first-order valence-electron chi connectivity index (χ1n) is 4.56. The summed E-state index contributed by atoms with van der Waals surface area (Å²) in [4.78, 5) is 10.3. The van der Waals surface area contributed by atoms with Crippen molar-refractivity contribution in [2.24, 2.45) is 5.92 Å². The maximum Gasteiger partial charge on any atom is 0.207 e. The number of nitrogens with one attached hydrogen (secondary N) is 1. The summed E-state index contributed by atoms with van der Waals surface area (Å²) in [5.74, 6) is 0.913. The highest BCUT2D eigenvalue weighted by Crippen LogP contribution is 2.44. The summed E-state index contributed by atoms with van der Waals surface area (Å²) in [6.45, 7) is 0. The number of hydrogen-bond donors (Lipinski definition) is 1. The van der Waals surface area contributed by atoms with Crippen molar-refractivity contribution in [3.8, 4) is 0 Å². The fourth-order valence-corrected chi connectivity index (χ4v) is 2.77. The lowest BCUT2D eigenvalue weighted by Gasteiger charge is -2.32. The van der Waals surface area contributed by atoms with E-state index in [1.54, 1.807) is 0 Å². The van der Waals surface area contributed by atoms with E-state index in [0.717, 1.165) is 12.3 Å². The average Bonchev–Trinajstić information content (AvgIpc) is 2.28. The Balaban J connectivity index is 2.06. The zero-order valence-corrected chi connectivity index (χ0v) is 6.81. The van der Waals surface area contributed by atoms with E-state index in [1.165, 1.54) is 38.5 Å². The summed E-state index contributed by atoms with van der Waals surface area (Å²) in [5.41, 5.74) is 0.227. The monoisotopic (exact) mass is 153 g/mol. The predicted molar refractivity (Wildman–Crippen MR) is 43.1 cm³/mol. The molecule has 0 spiro atoms. The van der Waals surface area contributed by atoms with E-state index in [4.69, 9.17) is 0 Å². The molecule has 0 radical (unpaired) electrons. The summed E-state index contributed by atoms with van der Waals surface area (Å²) in [5, 5.41) is 3.01. The van der Waals surface area contributed by atoms with Crippen molar-refractivity contribution in [2.45, 2.75) is 44.1 Å². The molecular formula is C9H15NO. The van der Waals surface area contributed by atoms with Crippen molar-refractivity contribution in [1.29, 1.82) is 0 Å². The highest BCUT2D eigenvalue weighted by molar-refractivity contribution is 5.48. The normalized spacial score (nSPS) is 42.0. The van der Waals surface area contributed by atoms with Gasteiger partial charge in [0.2, 0.25) is 6.41 Å². The van der Waals surface area contributed by atoms with Crippen LogP contribution in [-0.4, -0.2) is 11.9 Å². The van der Waals surface area contributed by atoms with Crippen LogP contribution < -0.4 is 5.32 Å². The van der Waals surface area contributed by atoms with Gasteiger partial charge in [-0.15, -0.1) is 0 Å². The molecule has 0 aromatic carbocycles. The molecular weight excluding hydrogens is 138 g/mol. The van der Waals surface area contributed by atoms with Crippen LogP contribution in [-0.2, 0) is 4.79 Å². The van der Waals surface area contributed by atoms with Crippen molar-refractivity contribution in [2.75, 3.05) is 0 Å². The van der Waals surface area contributed by atoms with Crippen LogP contribution in [0.15, 0.2) is 0 Å². The number of fused-ring (bicyclic) bond motifs is 2. The highest BCUT2D eigenvalue weighted by Gasteiger charge is 2.41. The quantitative estimate of drug-likeness (QED) is 0.598. The molecule has 0 aromatic rings. The molecule has 2 fully saturated rings. The number of rotatable bonds is 2. The zero-order valence-electron chi connectivity index (χ0n) is 6.81. The average molecular weight is 153 g/mol. The molecule has 2 rings (SSSR count). The molecule has 0 aliphatic heterocycles. The fourth-order valence-electron chi connectivity index (χ4n) is 2.77. The van der Waals surface area contributed by atoms with Gasteiger partial charge in [-0.2, -0.15) is 0 Å². The van der Waals surface area contributed by atoms with E-state index < -0.39 is 0 Å². The molecule has 0 heterocycles. The molecule has 2 unspecified atom stereocenters. The summed E-state index contributed by atoms with van der Waals surface area (Å²) in [7, 11) is 0. The van der Waals surface area contributed by atoms with Gasteiger partial charge in [0, 0.05) is 5.54 Å². The number of carbonyl (C=O) groups is 1. The first-order chi connectivity index (χ1) is 5.35. The van der Waals surface area contributed by atoms with E-state index in [9.17, 15) is 4.79 Å². The van der Waals surface area contributed by atoms with Gasteiger partial charge >= 0.3 is 0 Å². The van der Waals surface area contributed by atoms with Crippen LogP contribution in [0.2, 0.25) is 0 Å². The lowest BCUT2D eigenvalue weighted by molar-refractivity contribution is -0.111. The van der Waals surface area contributed by atoms with E-state index in [2.05, 4.69) is 5.32 Å². The van der Waals surface area contributed by atoms with Crippen molar-refractivity contribution in [3.05, 3.63) is 0 Å². The van der Waals surface area contributed by atoms with Crippen molar-refractivity contribution < 1.29 is 4.79 Å². The van der Waals surface area contributed by atoms with Crippen molar-refractivity contribution in [3.63, 3.8) is 0 Å². The molecule has 2 bridgehead atoms. The largest absolute Gasteiger partial charge is 0.353 e. The van der Waals surface area contributed by atoms with Gasteiger partial charge in [0.15, 0.2) is 0 Å². The third kappa shape index (κ3) is 1.15. The number of amides is 1. The molecule has 0 saturated heterocycles. The van der Waals surface area contributed by atoms with E-state index in [-0.39, 0.29) is 5.54 Å². The Kier molecular flexibility index (Phi) is 1.63. The topological polar surface area (TPSA) is 29.1 Å². The first-order valence-corrected chi connectivity index (χ1v) is 4.56. The van der Waals surface area contributed by atoms with Crippen LogP contribution in [0.1, 0.15) is 38.5 Å². The Morgan fingerprint density at radius 1 is 1.36 bits per heavy atom. The van der Waals surface area contributed by atoms with E-state index in [1.807, 2.05) is 0 Å². The standard InChI is InChI=1S/C9H15NO/c11-7-10-9-4-1-2-8(6-9)3-5-9/h7-8H,1-6H2,(H,10,11). The van der Waals surface area contributed by atoms with Gasteiger partial charge in [0.1, 0.15) is 0 Å². The van der Waals surface area contributed by atoms with Gasteiger partial charge in [-0.25, -0.2) is 0 Å². The second kappa shape index (κ2) is 2.50. The molecule has 2 nitrogen and oxygen atoms in total. The molecule has 2 heteroatoms. The second-order valence-corrected chi connectivity index (χ2v) is 4.04. The van der Waals surface area contributed by atoms with Gasteiger partial charge in [-0.3, -0.25) is 4.79 Å². The van der Waals surface area contributed by atoms with Gasteiger partial charge < -0.3 is 5.32 Å². The smallest absolute Gasteiger partial charge is 0.207 e. The van der Waals surface area contributed by atoms with E-state index >= 15 is 0 Å². The lowest BCUT2D eigenvalue weighted by Crippen LogP contribution is -2.43. The van der Waals surface area contributed by atoms with Crippen LogP contribution in [0.3, 0.4) is 0 Å². The van der Waals surface area contributed by atoms with Gasteiger partial charge in [-0.05, 0) is 31.6 Å². The Hall–Kier alpha value is -0.530. The molecule has 1 N–H and O–H groups in total. The van der Waals surface area contributed by atoms with Crippen LogP contribution in [0, 0.1) is 5.92 Å².